The summed E-state index contributed by atoms with van der Waals surface area (Å²) < 4.78 is 33.8. The number of nitrogens with one attached hydrogen (secondary N) is 2. The number of rotatable bonds is 11. The number of carbonyl (C=O) groups excluding carboxylic acids is 3. The van der Waals surface area contributed by atoms with Gasteiger partial charge < -0.3 is 20.1 Å². The molecule has 3 fully saturated rings. The Kier molecular flexibility index (Phi) is 9.98. The minimum atomic E-state index is -3.91. The quantitative estimate of drug-likeness (QED) is 0.282. The number of carboxylic acid groups (broad SMARTS) is 1. The lowest BCUT2D eigenvalue weighted by Gasteiger charge is -2.46. The second-order valence-electron chi connectivity index (χ2n) is 16.1. The van der Waals surface area contributed by atoms with Crippen LogP contribution in [0.15, 0.2) is 67.3 Å². The molecule has 3 N–H and O–H groups in total. The number of hydrogen-bond donors (Lipinski definition) is 3. The number of methoxy groups -OCH3 is 1. The van der Waals surface area contributed by atoms with Crippen molar-refractivity contribution in [1.82, 2.24) is 19.8 Å². The molecule has 4 amide bonds. The van der Waals surface area contributed by atoms with Crippen molar-refractivity contribution in [2.75, 3.05) is 13.7 Å². The van der Waals surface area contributed by atoms with Crippen molar-refractivity contribution in [2.24, 2.45) is 11.3 Å². The molecule has 2 aromatic carbocycles. The van der Waals surface area contributed by atoms with Crippen LogP contribution in [0, 0.1) is 11.3 Å². The SMILES string of the molecule is C=C[C@@H]1C[C@]1(NC(=O)[C@@H]1C[C@@](OC)(c2ccc(-c3ccccc3)cc2)CN1C(=O)[C@@H](N(C(=O)O)C(C)(C)C)C(C)(C)C)C(=O)NS(=O)(=O)C1CC1. The van der Waals surface area contributed by atoms with Gasteiger partial charge in [-0.05, 0) is 62.1 Å². The van der Waals surface area contributed by atoms with Crippen molar-refractivity contribution < 1.29 is 37.4 Å². The van der Waals surface area contributed by atoms with Gasteiger partial charge in [-0.15, -0.1) is 6.58 Å². The Bertz CT molecular complexity index is 1800. The summed E-state index contributed by atoms with van der Waals surface area (Å²) in [4.78, 5) is 58.2. The first-order valence-corrected chi connectivity index (χ1v) is 18.8. The van der Waals surface area contributed by atoms with E-state index >= 15 is 0 Å². The minimum Gasteiger partial charge on any atom is -0.465 e. The van der Waals surface area contributed by atoms with Crippen LogP contribution < -0.4 is 10.0 Å². The molecule has 51 heavy (non-hydrogen) atoms. The molecule has 5 atom stereocenters. The number of amides is 4. The molecule has 0 aromatic heterocycles. The monoisotopic (exact) mass is 722 g/mol. The zero-order valence-electron chi connectivity index (χ0n) is 30.4. The number of nitrogens with zero attached hydrogens (tertiary/aromatic N) is 2. The Labute approximate surface area is 300 Å². The largest absolute Gasteiger partial charge is 0.465 e. The van der Waals surface area contributed by atoms with E-state index in [0.717, 1.165) is 16.0 Å². The first-order chi connectivity index (χ1) is 23.7. The third-order valence-electron chi connectivity index (χ3n) is 10.3. The van der Waals surface area contributed by atoms with Gasteiger partial charge in [0.2, 0.25) is 21.8 Å². The highest BCUT2D eigenvalue weighted by Gasteiger charge is 2.63. The lowest BCUT2D eigenvalue weighted by atomic mass is 9.82. The van der Waals surface area contributed by atoms with E-state index in [9.17, 15) is 32.7 Å². The Hall–Kier alpha value is -4.23. The fourth-order valence-electron chi connectivity index (χ4n) is 7.24. The predicted molar refractivity (Wildman–Crippen MR) is 193 cm³/mol. The van der Waals surface area contributed by atoms with Crippen molar-refractivity contribution in [3.63, 3.8) is 0 Å². The highest BCUT2D eigenvalue weighted by atomic mass is 32.2. The molecule has 12 nitrogen and oxygen atoms in total. The van der Waals surface area contributed by atoms with Gasteiger partial charge in [0.1, 0.15) is 23.2 Å². The molecule has 2 saturated carbocycles. The summed E-state index contributed by atoms with van der Waals surface area (Å²) in [7, 11) is -2.41. The lowest BCUT2D eigenvalue weighted by molar-refractivity contribution is -0.148. The van der Waals surface area contributed by atoms with Gasteiger partial charge in [-0.1, -0.05) is 81.4 Å². The normalized spacial score (nSPS) is 25.4. The molecule has 0 bridgehead atoms. The zero-order valence-corrected chi connectivity index (χ0v) is 31.2. The topological polar surface area (TPSA) is 162 Å². The zero-order chi connectivity index (χ0) is 37.7. The van der Waals surface area contributed by atoms with Gasteiger partial charge in [-0.25, -0.2) is 13.2 Å². The molecule has 0 spiro atoms. The molecular weight excluding hydrogens is 673 g/mol. The molecule has 2 aromatic rings. The molecule has 276 valence electrons. The van der Waals surface area contributed by atoms with Crippen LogP contribution in [0.2, 0.25) is 0 Å². The number of carbonyl (C=O) groups is 4. The Morgan fingerprint density at radius 1 is 0.980 bits per heavy atom. The van der Waals surface area contributed by atoms with Gasteiger partial charge in [0, 0.05) is 25.0 Å². The highest BCUT2D eigenvalue weighted by Crippen LogP contribution is 2.47. The number of likely N-dealkylation sites (tertiary alicyclic amines) is 1. The maximum absolute atomic E-state index is 14.9. The number of hydrogen-bond acceptors (Lipinski definition) is 7. The first kappa shape index (κ1) is 38.0. The van der Waals surface area contributed by atoms with Crippen molar-refractivity contribution in [3.8, 4) is 11.1 Å². The standard InChI is InChI=1S/C38H50N4O8S/c1-9-26-21-38(26,33(45)40-51(48,49)28-19-20-28)39-31(43)29-22-37(50-8,27-17-15-25(16-18-27)24-13-11-10-12-14-24)23-41(29)32(44)30(35(2,3)4)42(34(46)47)36(5,6)7/h9-18,26,28-30H,1,19-23H2,2-8H3,(H,39,43)(H,40,45)(H,46,47)/t26-,29+,30-,37+,38-/m1/s1. The maximum Gasteiger partial charge on any atom is 0.408 e. The average Bonchev–Trinajstić information content (AvgIpc) is 3.99. The van der Waals surface area contributed by atoms with Crippen LogP contribution in [0.3, 0.4) is 0 Å². The third-order valence-corrected chi connectivity index (χ3v) is 12.1. The van der Waals surface area contributed by atoms with Crippen LogP contribution >= 0.6 is 0 Å². The van der Waals surface area contributed by atoms with Gasteiger partial charge in [0.15, 0.2) is 0 Å². The summed E-state index contributed by atoms with van der Waals surface area (Å²) >= 11 is 0. The summed E-state index contributed by atoms with van der Waals surface area (Å²) in [6.45, 7) is 14.1. The van der Waals surface area contributed by atoms with E-state index in [1.807, 2.05) is 54.6 Å². The number of benzene rings is 2. The van der Waals surface area contributed by atoms with Gasteiger partial charge in [-0.3, -0.25) is 24.0 Å². The van der Waals surface area contributed by atoms with Gasteiger partial charge >= 0.3 is 6.09 Å². The van der Waals surface area contributed by atoms with Crippen molar-refractivity contribution in [3.05, 3.63) is 72.8 Å². The molecule has 2 aliphatic carbocycles. The molecule has 13 heteroatoms. The second-order valence-corrected chi connectivity index (χ2v) is 18.1. The van der Waals surface area contributed by atoms with Gasteiger partial charge in [-0.2, -0.15) is 0 Å². The van der Waals surface area contributed by atoms with E-state index in [-0.39, 0.29) is 19.4 Å². The van der Waals surface area contributed by atoms with Crippen LogP contribution in [0.1, 0.15) is 72.8 Å². The van der Waals surface area contributed by atoms with Gasteiger partial charge in [0.25, 0.3) is 5.91 Å². The lowest BCUT2D eigenvalue weighted by Crippen LogP contribution is -2.64. The Morgan fingerprint density at radius 3 is 2.04 bits per heavy atom. The summed E-state index contributed by atoms with van der Waals surface area (Å²) in [5.41, 5.74) is -1.97. The molecule has 5 rings (SSSR count). The molecular formula is C38H50N4O8S. The van der Waals surface area contributed by atoms with Crippen LogP contribution in [0.4, 0.5) is 4.79 Å². The molecule has 3 aliphatic rings. The van der Waals surface area contributed by atoms with Crippen molar-refractivity contribution in [2.45, 2.75) is 101 Å². The summed E-state index contributed by atoms with van der Waals surface area (Å²) in [5.74, 6) is -2.66. The van der Waals surface area contributed by atoms with E-state index in [1.54, 1.807) is 41.5 Å². The van der Waals surface area contributed by atoms with Crippen LogP contribution in [0.25, 0.3) is 11.1 Å². The molecule has 0 unspecified atom stereocenters. The summed E-state index contributed by atoms with van der Waals surface area (Å²) in [6.07, 6.45) is 1.24. The Morgan fingerprint density at radius 2 is 1.57 bits per heavy atom. The predicted octanol–water partition coefficient (Wildman–Crippen LogP) is 4.66. The van der Waals surface area contributed by atoms with E-state index < -0.39 is 79.2 Å². The number of ether oxygens (including phenoxy) is 1. The second kappa shape index (κ2) is 13.4. The van der Waals surface area contributed by atoms with Crippen LogP contribution in [-0.2, 0) is 34.7 Å². The highest BCUT2D eigenvalue weighted by molar-refractivity contribution is 7.91. The van der Waals surface area contributed by atoms with Crippen LogP contribution in [0.5, 0.6) is 0 Å². The third kappa shape index (κ3) is 7.41. The Balaban J connectivity index is 1.55. The first-order valence-electron chi connectivity index (χ1n) is 17.3. The van der Waals surface area contributed by atoms with Crippen molar-refractivity contribution in [1.29, 1.82) is 0 Å². The van der Waals surface area contributed by atoms with E-state index in [0.29, 0.717) is 18.4 Å². The average molecular weight is 723 g/mol. The maximum atomic E-state index is 14.9. The summed E-state index contributed by atoms with van der Waals surface area (Å²) in [6, 6.07) is 15.0. The fraction of sp³-hybridized carbons (Fsp3) is 0.526. The molecule has 0 radical (unpaired) electrons. The van der Waals surface area contributed by atoms with E-state index in [4.69, 9.17) is 4.74 Å². The van der Waals surface area contributed by atoms with E-state index in [1.165, 1.54) is 18.1 Å². The molecule has 1 heterocycles. The van der Waals surface area contributed by atoms with Crippen LogP contribution in [-0.4, -0.2) is 89.2 Å². The van der Waals surface area contributed by atoms with Crippen molar-refractivity contribution >= 4 is 33.8 Å². The molecule has 1 saturated heterocycles. The fourth-order valence-corrected chi connectivity index (χ4v) is 8.60. The van der Waals surface area contributed by atoms with E-state index in [2.05, 4.69) is 16.6 Å². The summed E-state index contributed by atoms with van der Waals surface area (Å²) in [5, 5.41) is 12.6. The minimum absolute atomic E-state index is 0.0119. The van der Waals surface area contributed by atoms with Gasteiger partial charge in [0.05, 0.1) is 11.8 Å². The molecule has 1 aliphatic heterocycles. The number of sulfonamides is 1. The smallest absolute Gasteiger partial charge is 0.408 e.